The number of thiophene rings is 1. The van der Waals surface area contributed by atoms with Crippen LogP contribution in [0.15, 0.2) is 59.4 Å². The third-order valence-electron chi connectivity index (χ3n) is 4.56. The number of hydrogen-bond acceptors (Lipinski definition) is 3. The van der Waals surface area contributed by atoms with Gasteiger partial charge in [0.15, 0.2) is 5.96 Å². The second-order valence-corrected chi connectivity index (χ2v) is 7.14. The van der Waals surface area contributed by atoms with Gasteiger partial charge in [-0.25, -0.2) is 0 Å². The highest BCUT2D eigenvalue weighted by Crippen LogP contribution is 2.30. The van der Waals surface area contributed by atoms with Crippen molar-refractivity contribution in [2.45, 2.75) is 19.0 Å². The number of nitrogens with zero attached hydrogens (tertiary/aromatic N) is 2. The second-order valence-electron chi connectivity index (χ2n) is 6.14. The highest BCUT2D eigenvalue weighted by atomic mass is 32.1. The minimum Gasteiger partial charge on any atom is -0.354 e. The molecule has 1 aliphatic heterocycles. The van der Waals surface area contributed by atoms with Gasteiger partial charge < -0.3 is 10.6 Å². The number of benzene rings is 1. The maximum Gasteiger partial charge on any atom is 0.191 e. The molecule has 2 aromatic rings. The summed E-state index contributed by atoms with van der Waals surface area (Å²) in [5.41, 5.74) is 2.82. The fourth-order valence-corrected chi connectivity index (χ4v) is 4.14. The fraction of sp³-hybridized carbons (Fsp3) is 0.350. The highest BCUT2D eigenvalue weighted by Gasteiger charge is 2.25. The largest absolute Gasteiger partial charge is 0.354 e. The number of hydrogen-bond donors (Lipinski definition) is 2. The summed E-state index contributed by atoms with van der Waals surface area (Å²) in [5, 5.41) is 8.93. The Balaban J connectivity index is 1.73. The first kappa shape index (κ1) is 17.7. The van der Waals surface area contributed by atoms with Gasteiger partial charge in [0.1, 0.15) is 0 Å². The molecular weight excluding hydrogens is 328 g/mol. The van der Waals surface area contributed by atoms with Crippen LogP contribution in [-0.4, -0.2) is 37.5 Å². The SMILES string of the molecule is C=CCNC(=NC)NCC(c1ccccc1)N1CCc2sccc2C1. The van der Waals surface area contributed by atoms with E-state index in [1.807, 2.05) is 17.4 Å². The Bertz CT molecular complexity index is 707. The van der Waals surface area contributed by atoms with Crippen molar-refractivity contribution < 1.29 is 0 Å². The summed E-state index contributed by atoms with van der Waals surface area (Å²) in [4.78, 5) is 8.40. The molecule has 1 aromatic heterocycles. The zero-order valence-electron chi connectivity index (χ0n) is 14.7. The summed E-state index contributed by atoms with van der Waals surface area (Å²) in [7, 11) is 1.80. The van der Waals surface area contributed by atoms with Crippen LogP contribution in [0, 0.1) is 0 Å². The average molecular weight is 355 g/mol. The van der Waals surface area contributed by atoms with Gasteiger partial charge in [-0.1, -0.05) is 36.4 Å². The molecule has 1 aromatic carbocycles. The third kappa shape index (κ3) is 4.50. The number of rotatable bonds is 6. The van der Waals surface area contributed by atoms with E-state index in [0.717, 1.165) is 32.0 Å². The second kappa shape index (κ2) is 8.83. The van der Waals surface area contributed by atoms with Gasteiger partial charge in [0, 0.05) is 38.1 Å². The van der Waals surface area contributed by atoms with Crippen molar-refractivity contribution in [3.05, 3.63) is 70.4 Å². The first-order valence-electron chi connectivity index (χ1n) is 8.71. The van der Waals surface area contributed by atoms with Crippen molar-refractivity contribution in [3.63, 3.8) is 0 Å². The van der Waals surface area contributed by atoms with Gasteiger partial charge in [-0.15, -0.1) is 17.9 Å². The van der Waals surface area contributed by atoms with Gasteiger partial charge in [0.2, 0.25) is 0 Å². The van der Waals surface area contributed by atoms with E-state index in [1.165, 1.54) is 11.1 Å². The summed E-state index contributed by atoms with van der Waals surface area (Å²) in [6.07, 6.45) is 2.98. The molecule has 5 heteroatoms. The lowest BCUT2D eigenvalue weighted by atomic mass is 10.0. The third-order valence-corrected chi connectivity index (χ3v) is 5.59. The molecule has 0 saturated carbocycles. The van der Waals surface area contributed by atoms with Crippen molar-refractivity contribution in [2.24, 2.45) is 4.99 Å². The Morgan fingerprint density at radius 3 is 2.92 bits per heavy atom. The van der Waals surface area contributed by atoms with Crippen molar-refractivity contribution in [1.82, 2.24) is 15.5 Å². The normalized spacial score (nSPS) is 16.1. The molecule has 0 bridgehead atoms. The van der Waals surface area contributed by atoms with Gasteiger partial charge in [-0.2, -0.15) is 0 Å². The molecule has 132 valence electrons. The monoisotopic (exact) mass is 354 g/mol. The van der Waals surface area contributed by atoms with E-state index >= 15 is 0 Å². The smallest absolute Gasteiger partial charge is 0.191 e. The molecular formula is C20H26N4S. The quantitative estimate of drug-likeness (QED) is 0.475. The zero-order chi connectivity index (χ0) is 17.5. The Morgan fingerprint density at radius 1 is 1.32 bits per heavy atom. The molecule has 1 aliphatic rings. The van der Waals surface area contributed by atoms with Crippen LogP contribution >= 0.6 is 11.3 Å². The molecule has 0 radical (unpaired) electrons. The Labute approximate surface area is 154 Å². The van der Waals surface area contributed by atoms with E-state index in [-0.39, 0.29) is 0 Å². The van der Waals surface area contributed by atoms with E-state index in [2.05, 4.69) is 68.9 Å². The molecule has 2 N–H and O–H groups in total. The molecule has 0 spiro atoms. The first-order chi connectivity index (χ1) is 12.3. The van der Waals surface area contributed by atoms with E-state index in [0.29, 0.717) is 12.6 Å². The van der Waals surface area contributed by atoms with Crippen molar-refractivity contribution in [3.8, 4) is 0 Å². The lowest BCUT2D eigenvalue weighted by Gasteiger charge is -2.35. The molecule has 0 aliphatic carbocycles. The first-order valence-corrected chi connectivity index (χ1v) is 9.59. The molecule has 4 nitrogen and oxygen atoms in total. The summed E-state index contributed by atoms with van der Waals surface area (Å²) in [6, 6.07) is 13.3. The minimum atomic E-state index is 0.316. The minimum absolute atomic E-state index is 0.316. The van der Waals surface area contributed by atoms with Gasteiger partial charge in [0.05, 0.1) is 6.04 Å². The predicted molar refractivity (Wildman–Crippen MR) is 107 cm³/mol. The molecule has 1 atom stereocenters. The number of guanidine groups is 1. The van der Waals surface area contributed by atoms with E-state index in [4.69, 9.17) is 0 Å². The van der Waals surface area contributed by atoms with Crippen LogP contribution in [0.5, 0.6) is 0 Å². The van der Waals surface area contributed by atoms with Crippen LogP contribution in [0.3, 0.4) is 0 Å². The van der Waals surface area contributed by atoms with E-state index < -0.39 is 0 Å². The van der Waals surface area contributed by atoms with Gasteiger partial charge >= 0.3 is 0 Å². The van der Waals surface area contributed by atoms with Gasteiger partial charge in [0.25, 0.3) is 0 Å². The standard InChI is InChI=1S/C20H26N4S/c1-3-11-22-20(21-2)23-14-18(16-7-5-4-6-8-16)24-12-9-19-17(15-24)10-13-25-19/h3-8,10,13,18H,1,9,11-12,14-15H2,2H3,(H2,21,22,23). The molecule has 1 unspecified atom stereocenters. The van der Waals surface area contributed by atoms with Crippen molar-refractivity contribution >= 4 is 17.3 Å². The fourth-order valence-electron chi connectivity index (χ4n) is 3.25. The number of aliphatic imine (C=N–C) groups is 1. The lowest BCUT2D eigenvalue weighted by Crippen LogP contribution is -2.44. The van der Waals surface area contributed by atoms with Crippen LogP contribution in [0.1, 0.15) is 22.0 Å². The maximum atomic E-state index is 4.29. The summed E-state index contributed by atoms with van der Waals surface area (Å²) >= 11 is 1.89. The summed E-state index contributed by atoms with van der Waals surface area (Å²) in [5.74, 6) is 0.814. The van der Waals surface area contributed by atoms with E-state index in [1.54, 1.807) is 11.9 Å². The van der Waals surface area contributed by atoms with Gasteiger partial charge in [-0.3, -0.25) is 9.89 Å². The Kier molecular flexibility index (Phi) is 6.25. The Morgan fingerprint density at radius 2 is 2.16 bits per heavy atom. The molecule has 0 amide bonds. The molecule has 2 heterocycles. The number of nitrogens with one attached hydrogen (secondary N) is 2. The van der Waals surface area contributed by atoms with Crippen LogP contribution in [-0.2, 0) is 13.0 Å². The predicted octanol–water partition coefficient (Wildman–Crippen LogP) is 3.20. The molecule has 0 saturated heterocycles. The van der Waals surface area contributed by atoms with Crippen LogP contribution < -0.4 is 10.6 Å². The molecule has 3 rings (SSSR count). The van der Waals surface area contributed by atoms with E-state index in [9.17, 15) is 0 Å². The van der Waals surface area contributed by atoms with Crippen LogP contribution in [0.25, 0.3) is 0 Å². The topological polar surface area (TPSA) is 39.7 Å². The molecule has 0 fully saturated rings. The van der Waals surface area contributed by atoms with Gasteiger partial charge in [-0.05, 0) is 29.0 Å². The zero-order valence-corrected chi connectivity index (χ0v) is 15.6. The molecule has 25 heavy (non-hydrogen) atoms. The van der Waals surface area contributed by atoms with Crippen LogP contribution in [0.2, 0.25) is 0 Å². The average Bonchev–Trinajstić information content (AvgIpc) is 3.13. The summed E-state index contributed by atoms with van der Waals surface area (Å²) < 4.78 is 0. The van der Waals surface area contributed by atoms with Crippen molar-refractivity contribution in [1.29, 1.82) is 0 Å². The summed E-state index contributed by atoms with van der Waals surface area (Å²) in [6.45, 7) is 7.38. The Hall–Kier alpha value is -2.11. The highest BCUT2D eigenvalue weighted by molar-refractivity contribution is 7.10. The van der Waals surface area contributed by atoms with Crippen LogP contribution in [0.4, 0.5) is 0 Å². The van der Waals surface area contributed by atoms with Crippen molar-refractivity contribution in [2.75, 3.05) is 26.7 Å². The number of fused-ring (bicyclic) bond motifs is 1. The maximum absolute atomic E-state index is 4.29. The lowest BCUT2D eigenvalue weighted by molar-refractivity contribution is 0.181.